The maximum Gasteiger partial charge on any atom is 0.0753 e. The molecule has 0 radical (unpaired) electrons. The molecule has 1 aliphatic heterocycles. The van der Waals surface area contributed by atoms with Crippen molar-refractivity contribution in [2.24, 2.45) is 5.73 Å². The predicted octanol–water partition coefficient (Wildman–Crippen LogP) is 2.11. The van der Waals surface area contributed by atoms with Crippen molar-refractivity contribution in [1.29, 1.82) is 0 Å². The zero-order valence-corrected chi connectivity index (χ0v) is 11.6. The Bertz CT molecular complexity index is 403. The molecule has 100 valence electrons. The number of ether oxygens (including phenoxy) is 1. The van der Waals surface area contributed by atoms with E-state index >= 15 is 0 Å². The van der Waals surface area contributed by atoms with Crippen molar-refractivity contribution in [3.8, 4) is 0 Å². The number of nitrogens with zero attached hydrogens (tertiary/aromatic N) is 1. The Labute approximate surface area is 110 Å². The van der Waals surface area contributed by atoms with Gasteiger partial charge < -0.3 is 10.5 Å². The summed E-state index contributed by atoms with van der Waals surface area (Å²) in [6.07, 6.45) is 0. The Morgan fingerprint density at radius 3 is 2.78 bits per heavy atom. The number of hydrogen-bond acceptors (Lipinski definition) is 3. The van der Waals surface area contributed by atoms with Crippen LogP contribution in [0.4, 0.5) is 0 Å². The van der Waals surface area contributed by atoms with Gasteiger partial charge in [-0.3, -0.25) is 4.90 Å². The molecule has 1 aromatic carbocycles. The highest BCUT2D eigenvalue weighted by Gasteiger charge is 2.28. The molecule has 1 heterocycles. The van der Waals surface area contributed by atoms with E-state index < -0.39 is 0 Å². The van der Waals surface area contributed by atoms with Crippen LogP contribution in [0.25, 0.3) is 0 Å². The molecular weight excluding hydrogens is 224 g/mol. The molecule has 1 atom stereocenters. The third-order valence-electron chi connectivity index (χ3n) is 3.55. The lowest BCUT2D eigenvalue weighted by Crippen LogP contribution is -2.50. The first-order chi connectivity index (χ1) is 8.48. The average Bonchev–Trinajstić information content (AvgIpc) is 2.28. The first kappa shape index (κ1) is 13.5. The van der Waals surface area contributed by atoms with Crippen LogP contribution in [-0.4, -0.2) is 36.7 Å². The Hall–Kier alpha value is -0.900. The van der Waals surface area contributed by atoms with Gasteiger partial charge in [0, 0.05) is 25.7 Å². The molecule has 0 aromatic heterocycles. The third-order valence-corrected chi connectivity index (χ3v) is 3.55. The second-order valence-corrected chi connectivity index (χ2v) is 5.81. The minimum Gasteiger partial charge on any atom is -0.373 e. The van der Waals surface area contributed by atoms with E-state index in [9.17, 15) is 0 Å². The molecule has 18 heavy (non-hydrogen) atoms. The smallest absolute Gasteiger partial charge is 0.0753 e. The molecule has 3 heteroatoms. The fourth-order valence-corrected chi connectivity index (χ4v) is 2.65. The van der Waals surface area contributed by atoms with Crippen LogP contribution in [0.1, 0.15) is 31.0 Å². The maximum atomic E-state index is 6.33. The summed E-state index contributed by atoms with van der Waals surface area (Å²) in [7, 11) is 0. The molecule has 1 aliphatic rings. The standard InChI is InChI=1S/C15H24N2O/c1-12-6-4-5-7-13(12)14(16)10-17-8-9-18-15(2,3)11-17/h4-7,14H,8-11,16H2,1-3H3. The van der Waals surface area contributed by atoms with Crippen molar-refractivity contribution in [1.82, 2.24) is 4.90 Å². The van der Waals surface area contributed by atoms with Crippen LogP contribution in [0.15, 0.2) is 24.3 Å². The Balaban J connectivity index is 1.99. The van der Waals surface area contributed by atoms with E-state index in [1.807, 2.05) is 0 Å². The Morgan fingerprint density at radius 2 is 2.11 bits per heavy atom. The van der Waals surface area contributed by atoms with Crippen molar-refractivity contribution in [3.05, 3.63) is 35.4 Å². The third kappa shape index (κ3) is 3.31. The number of morpholine rings is 1. The molecule has 0 bridgehead atoms. The van der Waals surface area contributed by atoms with Crippen LogP contribution in [0.5, 0.6) is 0 Å². The SMILES string of the molecule is Cc1ccccc1C(N)CN1CCOC(C)(C)C1. The van der Waals surface area contributed by atoms with Crippen molar-refractivity contribution < 1.29 is 4.74 Å². The minimum atomic E-state index is -0.0519. The monoisotopic (exact) mass is 248 g/mol. The van der Waals surface area contributed by atoms with E-state index in [4.69, 9.17) is 10.5 Å². The molecule has 1 aromatic rings. The van der Waals surface area contributed by atoms with E-state index in [1.54, 1.807) is 0 Å². The highest BCUT2D eigenvalue weighted by molar-refractivity contribution is 5.28. The normalized spacial score (nSPS) is 21.8. The van der Waals surface area contributed by atoms with Gasteiger partial charge in [-0.05, 0) is 31.9 Å². The second kappa shape index (κ2) is 5.39. The fourth-order valence-electron chi connectivity index (χ4n) is 2.65. The van der Waals surface area contributed by atoms with Gasteiger partial charge in [-0.2, -0.15) is 0 Å². The van der Waals surface area contributed by atoms with Gasteiger partial charge in [-0.1, -0.05) is 24.3 Å². The number of rotatable bonds is 3. The van der Waals surface area contributed by atoms with Gasteiger partial charge in [-0.15, -0.1) is 0 Å². The van der Waals surface area contributed by atoms with Gasteiger partial charge in [0.05, 0.1) is 12.2 Å². The highest BCUT2D eigenvalue weighted by Crippen LogP contribution is 2.20. The van der Waals surface area contributed by atoms with E-state index in [0.29, 0.717) is 0 Å². The molecule has 0 saturated carbocycles. The van der Waals surface area contributed by atoms with Crippen molar-refractivity contribution in [2.75, 3.05) is 26.2 Å². The lowest BCUT2D eigenvalue weighted by Gasteiger charge is -2.39. The summed E-state index contributed by atoms with van der Waals surface area (Å²) in [5.74, 6) is 0. The molecule has 0 amide bonds. The first-order valence-corrected chi connectivity index (χ1v) is 6.65. The Kier molecular flexibility index (Phi) is 4.05. The molecule has 1 unspecified atom stereocenters. The summed E-state index contributed by atoms with van der Waals surface area (Å²) >= 11 is 0. The zero-order chi connectivity index (χ0) is 13.2. The van der Waals surface area contributed by atoms with Crippen LogP contribution in [0.2, 0.25) is 0 Å². The van der Waals surface area contributed by atoms with E-state index in [-0.39, 0.29) is 11.6 Å². The van der Waals surface area contributed by atoms with Gasteiger partial charge in [-0.25, -0.2) is 0 Å². The maximum absolute atomic E-state index is 6.33. The van der Waals surface area contributed by atoms with Gasteiger partial charge in [0.2, 0.25) is 0 Å². The van der Waals surface area contributed by atoms with Crippen LogP contribution in [-0.2, 0) is 4.74 Å². The second-order valence-electron chi connectivity index (χ2n) is 5.81. The zero-order valence-electron chi connectivity index (χ0n) is 11.6. The lowest BCUT2D eigenvalue weighted by atomic mass is 10.0. The van der Waals surface area contributed by atoms with Gasteiger partial charge >= 0.3 is 0 Å². The number of nitrogens with two attached hydrogens (primary N) is 1. The molecule has 2 N–H and O–H groups in total. The molecule has 0 spiro atoms. The molecule has 0 aliphatic carbocycles. The first-order valence-electron chi connectivity index (χ1n) is 6.65. The topological polar surface area (TPSA) is 38.5 Å². The van der Waals surface area contributed by atoms with Gasteiger partial charge in [0.1, 0.15) is 0 Å². The number of benzene rings is 1. The lowest BCUT2D eigenvalue weighted by molar-refractivity contribution is -0.0870. The highest BCUT2D eigenvalue weighted by atomic mass is 16.5. The summed E-state index contributed by atoms with van der Waals surface area (Å²) in [4.78, 5) is 2.40. The van der Waals surface area contributed by atoms with Gasteiger partial charge in [0.15, 0.2) is 0 Å². The average molecular weight is 248 g/mol. The van der Waals surface area contributed by atoms with E-state index in [0.717, 1.165) is 26.2 Å². The molecular formula is C15H24N2O. The van der Waals surface area contributed by atoms with Crippen molar-refractivity contribution >= 4 is 0 Å². The number of hydrogen-bond donors (Lipinski definition) is 1. The largest absolute Gasteiger partial charge is 0.373 e. The number of aryl methyl sites for hydroxylation is 1. The van der Waals surface area contributed by atoms with Crippen LogP contribution < -0.4 is 5.73 Å². The molecule has 1 fully saturated rings. The fraction of sp³-hybridized carbons (Fsp3) is 0.600. The molecule has 2 rings (SSSR count). The summed E-state index contributed by atoms with van der Waals surface area (Å²) in [5.41, 5.74) is 8.81. The summed E-state index contributed by atoms with van der Waals surface area (Å²) in [5, 5.41) is 0. The summed E-state index contributed by atoms with van der Waals surface area (Å²) in [6, 6.07) is 8.46. The summed E-state index contributed by atoms with van der Waals surface area (Å²) in [6.45, 7) is 10.0. The van der Waals surface area contributed by atoms with Crippen molar-refractivity contribution in [2.45, 2.75) is 32.4 Å². The summed E-state index contributed by atoms with van der Waals surface area (Å²) < 4.78 is 5.72. The molecule has 3 nitrogen and oxygen atoms in total. The van der Waals surface area contributed by atoms with Crippen LogP contribution >= 0.6 is 0 Å². The van der Waals surface area contributed by atoms with Crippen LogP contribution in [0, 0.1) is 6.92 Å². The van der Waals surface area contributed by atoms with E-state index in [1.165, 1.54) is 11.1 Å². The van der Waals surface area contributed by atoms with Crippen molar-refractivity contribution in [3.63, 3.8) is 0 Å². The van der Waals surface area contributed by atoms with Crippen LogP contribution in [0.3, 0.4) is 0 Å². The van der Waals surface area contributed by atoms with E-state index in [2.05, 4.69) is 49.9 Å². The quantitative estimate of drug-likeness (QED) is 0.890. The van der Waals surface area contributed by atoms with Gasteiger partial charge in [0.25, 0.3) is 0 Å². The molecule has 1 saturated heterocycles. The minimum absolute atomic E-state index is 0.0519. The predicted molar refractivity (Wildman–Crippen MR) is 74.6 cm³/mol. The Morgan fingerprint density at radius 1 is 1.39 bits per heavy atom.